The SMILES string of the molecule is Oc1ccc(C#CCCBr)cc1O. The Morgan fingerprint density at radius 1 is 1.23 bits per heavy atom. The molecule has 0 amide bonds. The average molecular weight is 241 g/mol. The van der Waals surface area contributed by atoms with Gasteiger partial charge in [0.2, 0.25) is 0 Å². The van der Waals surface area contributed by atoms with Gasteiger partial charge in [0.05, 0.1) is 0 Å². The molecule has 1 rings (SSSR count). The fraction of sp³-hybridized carbons (Fsp3) is 0.200. The van der Waals surface area contributed by atoms with Crippen molar-refractivity contribution in [3.63, 3.8) is 0 Å². The lowest BCUT2D eigenvalue weighted by Gasteiger charge is -1.96. The summed E-state index contributed by atoms with van der Waals surface area (Å²) in [5.41, 5.74) is 0.705. The highest BCUT2D eigenvalue weighted by atomic mass is 79.9. The first-order valence-electron chi connectivity index (χ1n) is 3.81. The van der Waals surface area contributed by atoms with E-state index in [0.717, 1.165) is 11.8 Å². The van der Waals surface area contributed by atoms with Crippen molar-refractivity contribution in [1.29, 1.82) is 0 Å². The van der Waals surface area contributed by atoms with Crippen LogP contribution in [0.5, 0.6) is 11.5 Å². The third kappa shape index (κ3) is 3.00. The molecule has 3 heteroatoms. The molecule has 13 heavy (non-hydrogen) atoms. The zero-order valence-corrected chi connectivity index (χ0v) is 8.50. The van der Waals surface area contributed by atoms with Gasteiger partial charge in [0.1, 0.15) is 0 Å². The molecule has 68 valence electrons. The monoisotopic (exact) mass is 240 g/mol. The maximum atomic E-state index is 9.13. The summed E-state index contributed by atoms with van der Waals surface area (Å²) in [5, 5.41) is 19.0. The standard InChI is InChI=1S/C10H9BrO2/c11-6-2-1-3-8-4-5-9(12)10(13)7-8/h4-5,7,12-13H,2,6H2. The van der Waals surface area contributed by atoms with E-state index in [0.29, 0.717) is 5.56 Å². The molecule has 0 heterocycles. The van der Waals surface area contributed by atoms with Crippen molar-refractivity contribution in [2.45, 2.75) is 6.42 Å². The van der Waals surface area contributed by atoms with E-state index < -0.39 is 0 Å². The molecule has 0 atom stereocenters. The average Bonchev–Trinajstić information content (AvgIpc) is 2.12. The van der Waals surface area contributed by atoms with Gasteiger partial charge in [0, 0.05) is 17.3 Å². The molecular formula is C10H9BrO2. The number of phenols is 2. The van der Waals surface area contributed by atoms with E-state index in [2.05, 4.69) is 27.8 Å². The van der Waals surface area contributed by atoms with Crippen molar-refractivity contribution in [2.24, 2.45) is 0 Å². The second-order valence-electron chi connectivity index (χ2n) is 2.44. The predicted molar refractivity (Wildman–Crippen MR) is 55.1 cm³/mol. The summed E-state index contributed by atoms with van der Waals surface area (Å²) >= 11 is 3.26. The molecule has 0 fully saturated rings. The molecule has 2 nitrogen and oxygen atoms in total. The number of aromatic hydroxyl groups is 2. The quantitative estimate of drug-likeness (QED) is 0.449. The summed E-state index contributed by atoms with van der Waals surface area (Å²) in [7, 11) is 0. The molecule has 2 N–H and O–H groups in total. The molecule has 0 bridgehead atoms. The number of halogens is 1. The molecule has 0 saturated heterocycles. The minimum atomic E-state index is -0.134. The molecule has 0 aliphatic heterocycles. The lowest BCUT2D eigenvalue weighted by molar-refractivity contribution is 0.403. The van der Waals surface area contributed by atoms with Crippen LogP contribution in [0.15, 0.2) is 18.2 Å². The van der Waals surface area contributed by atoms with Gasteiger partial charge in [0.25, 0.3) is 0 Å². The summed E-state index contributed by atoms with van der Waals surface area (Å²) in [6.45, 7) is 0. The summed E-state index contributed by atoms with van der Waals surface area (Å²) in [6.07, 6.45) is 0.766. The van der Waals surface area contributed by atoms with E-state index in [9.17, 15) is 0 Å². The van der Waals surface area contributed by atoms with Crippen molar-refractivity contribution < 1.29 is 10.2 Å². The maximum absolute atomic E-state index is 9.13. The fourth-order valence-corrected chi connectivity index (χ4v) is 1.01. The number of phenolic OH excluding ortho intramolecular Hbond substituents is 2. The largest absolute Gasteiger partial charge is 0.504 e. The highest BCUT2D eigenvalue weighted by Crippen LogP contribution is 2.24. The van der Waals surface area contributed by atoms with Gasteiger partial charge in [-0.2, -0.15) is 0 Å². The van der Waals surface area contributed by atoms with E-state index in [1.807, 2.05) is 0 Å². The first kappa shape index (κ1) is 9.94. The zero-order valence-electron chi connectivity index (χ0n) is 6.92. The topological polar surface area (TPSA) is 40.5 Å². The van der Waals surface area contributed by atoms with Gasteiger partial charge >= 0.3 is 0 Å². The van der Waals surface area contributed by atoms with Gasteiger partial charge in [-0.05, 0) is 18.2 Å². The van der Waals surface area contributed by atoms with E-state index in [1.165, 1.54) is 12.1 Å². The summed E-state index contributed by atoms with van der Waals surface area (Å²) in [5.74, 6) is 5.52. The Balaban J connectivity index is 2.81. The molecule has 0 unspecified atom stereocenters. The van der Waals surface area contributed by atoms with E-state index in [-0.39, 0.29) is 11.5 Å². The molecule has 0 aromatic heterocycles. The Morgan fingerprint density at radius 3 is 2.62 bits per heavy atom. The van der Waals surface area contributed by atoms with Crippen molar-refractivity contribution in [1.82, 2.24) is 0 Å². The minimum Gasteiger partial charge on any atom is -0.504 e. The highest BCUT2D eigenvalue weighted by Gasteiger charge is 1.97. The van der Waals surface area contributed by atoms with Crippen LogP contribution in [0, 0.1) is 11.8 Å². The van der Waals surface area contributed by atoms with Crippen LogP contribution in [-0.2, 0) is 0 Å². The summed E-state index contributed by atoms with van der Waals surface area (Å²) < 4.78 is 0. The van der Waals surface area contributed by atoms with Gasteiger partial charge in [0.15, 0.2) is 11.5 Å². The van der Waals surface area contributed by atoms with Gasteiger partial charge in [-0.1, -0.05) is 27.8 Å². The Kier molecular flexibility index (Phi) is 3.66. The smallest absolute Gasteiger partial charge is 0.158 e. The number of hydrogen-bond acceptors (Lipinski definition) is 2. The third-order valence-corrected chi connectivity index (χ3v) is 1.82. The normalized spacial score (nSPS) is 9.00. The van der Waals surface area contributed by atoms with Crippen LogP contribution in [0.2, 0.25) is 0 Å². The number of alkyl halides is 1. The predicted octanol–water partition coefficient (Wildman–Crippen LogP) is 2.23. The maximum Gasteiger partial charge on any atom is 0.158 e. The van der Waals surface area contributed by atoms with Crippen LogP contribution >= 0.6 is 15.9 Å². The molecule has 1 aromatic rings. The van der Waals surface area contributed by atoms with Crippen molar-refractivity contribution in [3.8, 4) is 23.3 Å². The second kappa shape index (κ2) is 4.78. The molecule has 0 aliphatic rings. The lowest BCUT2D eigenvalue weighted by atomic mass is 10.2. The zero-order chi connectivity index (χ0) is 9.68. The Morgan fingerprint density at radius 2 is 2.00 bits per heavy atom. The Bertz CT molecular complexity index is 350. The Hall–Kier alpha value is -1.14. The van der Waals surface area contributed by atoms with Gasteiger partial charge in [-0.15, -0.1) is 0 Å². The van der Waals surface area contributed by atoms with Crippen molar-refractivity contribution in [2.75, 3.05) is 5.33 Å². The van der Waals surface area contributed by atoms with Crippen LogP contribution in [0.25, 0.3) is 0 Å². The van der Waals surface area contributed by atoms with Crippen LogP contribution in [-0.4, -0.2) is 15.5 Å². The second-order valence-corrected chi connectivity index (χ2v) is 3.24. The van der Waals surface area contributed by atoms with E-state index >= 15 is 0 Å². The highest BCUT2D eigenvalue weighted by molar-refractivity contribution is 9.09. The van der Waals surface area contributed by atoms with Crippen molar-refractivity contribution >= 4 is 15.9 Å². The number of rotatable bonds is 1. The van der Waals surface area contributed by atoms with Gasteiger partial charge < -0.3 is 10.2 Å². The van der Waals surface area contributed by atoms with Crippen LogP contribution in [0.3, 0.4) is 0 Å². The minimum absolute atomic E-state index is 0.119. The third-order valence-electron chi connectivity index (χ3n) is 1.43. The van der Waals surface area contributed by atoms with E-state index in [1.54, 1.807) is 6.07 Å². The van der Waals surface area contributed by atoms with Crippen LogP contribution in [0.1, 0.15) is 12.0 Å². The first-order valence-corrected chi connectivity index (χ1v) is 4.93. The van der Waals surface area contributed by atoms with Gasteiger partial charge in [-0.3, -0.25) is 0 Å². The van der Waals surface area contributed by atoms with Crippen LogP contribution < -0.4 is 0 Å². The first-order chi connectivity index (χ1) is 6.24. The molecular weight excluding hydrogens is 232 g/mol. The van der Waals surface area contributed by atoms with Crippen LogP contribution in [0.4, 0.5) is 0 Å². The van der Waals surface area contributed by atoms with Gasteiger partial charge in [-0.25, -0.2) is 0 Å². The molecule has 0 aliphatic carbocycles. The lowest BCUT2D eigenvalue weighted by Crippen LogP contribution is -1.75. The molecule has 1 aromatic carbocycles. The Labute approximate surface area is 85.3 Å². The molecule has 0 saturated carbocycles. The molecule has 0 spiro atoms. The fourth-order valence-electron chi connectivity index (χ4n) is 0.813. The number of benzene rings is 1. The number of hydrogen-bond donors (Lipinski definition) is 2. The summed E-state index contributed by atoms with van der Waals surface area (Å²) in [4.78, 5) is 0. The molecule has 0 radical (unpaired) electrons. The summed E-state index contributed by atoms with van der Waals surface area (Å²) in [6, 6.07) is 4.53. The van der Waals surface area contributed by atoms with E-state index in [4.69, 9.17) is 10.2 Å². The van der Waals surface area contributed by atoms with Crippen molar-refractivity contribution in [3.05, 3.63) is 23.8 Å².